The van der Waals surface area contributed by atoms with E-state index < -0.39 is 0 Å². The van der Waals surface area contributed by atoms with Gasteiger partial charge in [-0.3, -0.25) is 0 Å². The molecule has 0 aromatic carbocycles. The molecule has 0 aliphatic heterocycles. The first-order valence-corrected chi connectivity index (χ1v) is 5.30. The van der Waals surface area contributed by atoms with Crippen LogP contribution >= 0.6 is 0 Å². The van der Waals surface area contributed by atoms with Gasteiger partial charge in [0.2, 0.25) is 0 Å². The minimum absolute atomic E-state index is 0.143. The summed E-state index contributed by atoms with van der Waals surface area (Å²) in [6.07, 6.45) is 1.76. The Morgan fingerprint density at radius 3 is 2.23 bits per heavy atom. The summed E-state index contributed by atoms with van der Waals surface area (Å²) < 4.78 is 0. The Kier molecular flexibility index (Phi) is 5.57. The summed E-state index contributed by atoms with van der Waals surface area (Å²) in [5, 5.41) is 12.8. The lowest BCUT2D eigenvalue weighted by atomic mass is 9.92. The normalized spacial score (nSPS) is 15.0. The van der Waals surface area contributed by atoms with Crippen LogP contribution in [0.5, 0.6) is 0 Å². The smallest absolute Gasteiger partial charge is 0.0662 e. The highest BCUT2D eigenvalue weighted by Crippen LogP contribution is 2.15. The number of aliphatic hydroxyl groups excluding tert-OH is 1. The van der Waals surface area contributed by atoms with Gasteiger partial charge in [0.1, 0.15) is 0 Å². The molecule has 0 fully saturated rings. The van der Waals surface area contributed by atoms with E-state index in [4.69, 9.17) is 0 Å². The predicted octanol–water partition coefficient (Wildman–Crippen LogP) is 2.17. The summed E-state index contributed by atoms with van der Waals surface area (Å²) in [5.74, 6) is 0.696. The molecular formula is C11H25NO. The molecule has 0 amide bonds. The third-order valence-electron chi connectivity index (χ3n) is 2.21. The van der Waals surface area contributed by atoms with Crippen LogP contribution in [0.2, 0.25) is 0 Å². The van der Waals surface area contributed by atoms with Crippen LogP contribution in [0.15, 0.2) is 0 Å². The second-order valence-corrected chi connectivity index (χ2v) is 4.92. The van der Waals surface area contributed by atoms with E-state index in [-0.39, 0.29) is 11.6 Å². The molecule has 0 saturated carbocycles. The molecule has 1 unspecified atom stereocenters. The third kappa shape index (κ3) is 7.03. The van der Waals surface area contributed by atoms with Gasteiger partial charge in [-0.25, -0.2) is 0 Å². The van der Waals surface area contributed by atoms with Gasteiger partial charge in [0.25, 0.3) is 0 Å². The molecule has 80 valence electrons. The molecule has 0 aromatic heterocycles. The summed E-state index contributed by atoms with van der Waals surface area (Å²) in [4.78, 5) is 0. The minimum Gasteiger partial charge on any atom is -0.392 e. The largest absolute Gasteiger partial charge is 0.392 e. The Balaban J connectivity index is 3.74. The van der Waals surface area contributed by atoms with E-state index in [1.165, 1.54) is 0 Å². The average Bonchev–Trinajstić information content (AvgIpc) is 1.98. The zero-order valence-corrected chi connectivity index (χ0v) is 9.72. The quantitative estimate of drug-likeness (QED) is 0.668. The molecule has 0 saturated heterocycles. The fraction of sp³-hybridized carbons (Fsp3) is 1.00. The van der Waals surface area contributed by atoms with Crippen LogP contribution < -0.4 is 5.32 Å². The maximum Gasteiger partial charge on any atom is 0.0662 e. The minimum atomic E-state index is -0.202. The molecule has 2 heteroatoms. The van der Waals surface area contributed by atoms with Gasteiger partial charge >= 0.3 is 0 Å². The van der Waals surface area contributed by atoms with Crippen LogP contribution in [0.4, 0.5) is 0 Å². The maximum absolute atomic E-state index is 9.39. The summed E-state index contributed by atoms with van der Waals surface area (Å²) in [7, 11) is 0. The van der Waals surface area contributed by atoms with Gasteiger partial charge in [0.05, 0.1) is 6.10 Å². The first-order valence-electron chi connectivity index (χ1n) is 5.30. The van der Waals surface area contributed by atoms with E-state index in [1.807, 2.05) is 6.92 Å². The average molecular weight is 187 g/mol. The lowest BCUT2D eigenvalue weighted by Crippen LogP contribution is -2.44. The second kappa shape index (κ2) is 5.61. The van der Waals surface area contributed by atoms with Crippen molar-refractivity contribution in [1.29, 1.82) is 0 Å². The zero-order chi connectivity index (χ0) is 10.5. The van der Waals surface area contributed by atoms with Crippen molar-refractivity contribution in [2.45, 2.75) is 59.1 Å². The summed E-state index contributed by atoms with van der Waals surface area (Å²) in [5.41, 5.74) is 0.143. The predicted molar refractivity (Wildman–Crippen MR) is 57.8 cm³/mol. The highest BCUT2D eigenvalue weighted by molar-refractivity contribution is 4.79. The van der Waals surface area contributed by atoms with E-state index >= 15 is 0 Å². The van der Waals surface area contributed by atoms with Gasteiger partial charge < -0.3 is 10.4 Å². The Morgan fingerprint density at radius 2 is 1.85 bits per heavy atom. The van der Waals surface area contributed by atoms with Crippen molar-refractivity contribution in [2.75, 3.05) is 6.54 Å². The molecule has 2 N–H and O–H groups in total. The molecule has 0 heterocycles. The summed E-state index contributed by atoms with van der Waals surface area (Å²) >= 11 is 0. The molecule has 0 rings (SSSR count). The number of aliphatic hydroxyl groups is 1. The zero-order valence-electron chi connectivity index (χ0n) is 9.72. The van der Waals surface area contributed by atoms with Gasteiger partial charge in [0, 0.05) is 12.1 Å². The number of nitrogens with one attached hydrogen (secondary N) is 1. The third-order valence-corrected chi connectivity index (χ3v) is 2.21. The van der Waals surface area contributed by atoms with Gasteiger partial charge in [-0.15, -0.1) is 0 Å². The van der Waals surface area contributed by atoms with Gasteiger partial charge in [0.15, 0.2) is 0 Å². The van der Waals surface area contributed by atoms with Gasteiger partial charge in [-0.05, 0) is 32.6 Å². The highest BCUT2D eigenvalue weighted by Gasteiger charge is 2.19. The van der Waals surface area contributed by atoms with Gasteiger partial charge in [-0.2, -0.15) is 0 Å². The van der Waals surface area contributed by atoms with Crippen molar-refractivity contribution in [1.82, 2.24) is 5.32 Å². The molecule has 0 aliphatic rings. The number of hydrogen-bond donors (Lipinski definition) is 2. The van der Waals surface area contributed by atoms with Crippen molar-refractivity contribution in [3.05, 3.63) is 0 Å². The molecule has 13 heavy (non-hydrogen) atoms. The molecule has 0 aliphatic carbocycles. The second-order valence-electron chi connectivity index (χ2n) is 4.92. The van der Waals surface area contributed by atoms with Gasteiger partial charge in [-0.1, -0.05) is 20.8 Å². The summed E-state index contributed by atoms with van der Waals surface area (Å²) in [6, 6.07) is 0. The van der Waals surface area contributed by atoms with E-state index in [0.29, 0.717) is 12.5 Å². The van der Waals surface area contributed by atoms with Crippen LogP contribution in [0, 0.1) is 5.92 Å². The van der Waals surface area contributed by atoms with E-state index in [0.717, 1.165) is 12.8 Å². The van der Waals surface area contributed by atoms with Crippen LogP contribution in [-0.2, 0) is 0 Å². The Morgan fingerprint density at radius 1 is 1.31 bits per heavy atom. The molecule has 0 spiro atoms. The lowest BCUT2D eigenvalue weighted by Gasteiger charge is -2.29. The summed E-state index contributed by atoms with van der Waals surface area (Å²) in [6.45, 7) is 11.5. The fourth-order valence-corrected chi connectivity index (χ4v) is 1.63. The SMILES string of the molecule is CCC(O)CNC(C)(C)CC(C)C. The standard InChI is InChI=1S/C11H25NO/c1-6-10(13)8-12-11(4,5)7-9(2)3/h9-10,12-13H,6-8H2,1-5H3. The number of β-amino-alcohol motifs (C(OH)–C–C–N with tert-alkyl or cyclic N) is 1. The maximum atomic E-state index is 9.39. The van der Waals surface area contributed by atoms with Crippen LogP contribution in [0.25, 0.3) is 0 Å². The molecule has 2 nitrogen and oxygen atoms in total. The Labute approximate surface area is 82.7 Å². The van der Waals surface area contributed by atoms with Crippen molar-refractivity contribution in [3.8, 4) is 0 Å². The van der Waals surface area contributed by atoms with E-state index in [9.17, 15) is 5.11 Å². The topological polar surface area (TPSA) is 32.3 Å². The first kappa shape index (κ1) is 12.9. The lowest BCUT2D eigenvalue weighted by molar-refractivity contribution is 0.150. The van der Waals surface area contributed by atoms with Crippen LogP contribution in [0.3, 0.4) is 0 Å². The molecule has 0 radical (unpaired) electrons. The Hall–Kier alpha value is -0.0800. The molecular weight excluding hydrogens is 162 g/mol. The number of rotatable bonds is 6. The monoisotopic (exact) mass is 187 g/mol. The molecule has 0 aromatic rings. The van der Waals surface area contributed by atoms with E-state index in [2.05, 4.69) is 33.0 Å². The molecule has 0 bridgehead atoms. The highest BCUT2D eigenvalue weighted by atomic mass is 16.3. The van der Waals surface area contributed by atoms with Crippen molar-refractivity contribution in [2.24, 2.45) is 5.92 Å². The first-order chi connectivity index (χ1) is 5.87. The van der Waals surface area contributed by atoms with Crippen molar-refractivity contribution < 1.29 is 5.11 Å². The Bertz CT molecular complexity index is 132. The molecule has 1 atom stereocenters. The van der Waals surface area contributed by atoms with E-state index in [1.54, 1.807) is 0 Å². The van der Waals surface area contributed by atoms with Crippen LogP contribution in [0.1, 0.15) is 47.5 Å². The van der Waals surface area contributed by atoms with Crippen molar-refractivity contribution in [3.63, 3.8) is 0 Å². The van der Waals surface area contributed by atoms with Crippen molar-refractivity contribution >= 4 is 0 Å². The fourth-order valence-electron chi connectivity index (χ4n) is 1.63. The van der Waals surface area contributed by atoms with Crippen LogP contribution in [-0.4, -0.2) is 23.3 Å². The number of hydrogen-bond acceptors (Lipinski definition) is 2.